The first kappa shape index (κ1) is 23.6. The second-order valence-corrected chi connectivity index (χ2v) is 12.1. The van der Waals surface area contributed by atoms with Crippen LogP contribution in [0.4, 0.5) is 0 Å². The molecule has 0 amide bonds. The van der Waals surface area contributed by atoms with Gasteiger partial charge in [-0.2, -0.15) is 0 Å². The van der Waals surface area contributed by atoms with Crippen LogP contribution in [0, 0.1) is 40.4 Å². The summed E-state index contributed by atoms with van der Waals surface area (Å²) in [5.41, 5.74) is -1.66. The van der Waals surface area contributed by atoms with Gasteiger partial charge in [-0.3, -0.25) is 9.69 Å². The second kappa shape index (κ2) is 7.62. The first-order chi connectivity index (χ1) is 16.2. The van der Waals surface area contributed by atoms with Crippen LogP contribution in [-0.2, 0) is 23.7 Å². The molecule has 0 radical (unpaired) electrons. The Morgan fingerprint density at radius 3 is 2.53 bits per heavy atom. The Kier molecular flexibility index (Phi) is 5.29. The highest BCUT2D eigenvalue weighted by Crippen LogP contribution is 2.79. The molecule has 1 spiro atoms. The van der Waals surface area contributed by atoms with Gasteiger partial charge in [0, 0.05) is 81.8 Å². The third-order valence-electron chi connectivity index (χ3n) is 11.4. The first-order valence-electron chi connectivity index (χ1n) is 13.1. The number of aliphatic hydroxyl groups excluding tert-OH is 1. The van der Waals surface area contributed by atoms with Crippen molar-refractivity contribution < 1.29 is 34.0 Å². The number of hydrogen-bond donors (Lipinski definition) is 2. The van der Waals surface area contributed by atoms with Crippen LogP contribution in [0.15, 0.2) is 0 Å². The highest BCUT2D eigenvalue weighted by molar-refractivity contribution is 5.66. The molecule has 0 unspecified atom stereocenters. The summed E-state index contributed by atoms with van der Waals surface area (Å²) >= 11 is 0. The van der Waals surface area contributed by atoms with E-state index in [1.807, 2.05) is 0 Å². The van der Waals surface area contributed by atoms with Crippen LogP contribution in [-0.4, -0.2) is 98.2 Å². The summed E-state index contributed by atoms with van der Waals surface area (Å²) in [6, 6.07) is 0.0197. The maximum Gasteiger partial charge on any atom is 0.302 e. The van der Waals surface area contributed by atoms with Crippen LogP contribution < -0.4 is 0 Å². The molecular weight excluding hydrogens is 438 g/mol. The van der Waals surface area contributed by atoms with Crippen LogP contribution in [0.5, 0.6) is 0 Å². The van der Waals surface area contributed by atoms with Gasteiger partial charge in [0.25, 0.3) is 0 Å². The van der Waals surface area contributed by atoms with Crippen molar-refractivity contribution in [1.29, 1.82) is 0 Å². The molecule has 13 atom stereocenters. The smallest absolute Gasteiger partial charge is 0.302 e. The molecule has 192 valence electrons. The van der Waals surface area contributed by atoms with Gasteiger partial charge in [0.05, 0.1) is 30.5 Å². The topological polar surface area (TPSA) is 97.7 Å². The number of rotatable bonds is 6. The fourth-order valence-electron chi connectivity index (χ4n) is 11.0. The minimum absolute atomic E-state index is 0.0197. The SMILES string of the molecule is CCN1C[C@]2(COC)CC[C@H](O)[C@@]34[C@@H]5C[C@H]6[C@H](OC(C)=O)[C@H]5[C@](O)(C[C@@H]6OC)[C@@H]([C@H](OC)[C@H]23)[C@@H]14. The molecule has 1 aliphatic heterocycles. The molecule has 0 aromatic rings. The molecule has 6 aliphatic rings. The Balaban J connectivity index is 1.61. The van der Waals surface area contributed by atoms with Crippen LogP contribution in [0.1, 0.15) is 39.5 Å². The van der Waals surface area contributed by atoms with E-state index in [4.69, 9.17) is 18.9 Å². The third-order valence-corrected chi connectivity index (χ3v) is 11.4. The number of fused-ring (bicyclic) bond motifs is 2. The zero-order chi connectivity index (χ0) is 24.2. The van der Waals surface area contributed by atoms with Crippen molar-refractivity contribution in [1.82, 2.24) is 4.90 Å². The number of piperidine rings is 1. The molecule has 8 heteroatoms. The Morgan fingerprint density at radius 2 is 1.91 bits per heavy atom. The van der Waals surface area contributed by atoms with E-state index in [-0.39, 0.29) is 59.2 Å². The Bertz CT molecular complexity index is 855. The van der Waals surface area contributed by atoms with Gasteiger partial charge in [-0.05, 0) is 31.7 Å². The van der Waals surface area contributed by atoms with Crippen LogP contribution in [0.2, 0.25) is 0 Å². The predicted molar refractivity (Wildman–Crippen MR) is 122 cm³/mol. The molecule has 2 N–H and O–H groups in total. The molecule has 6 rings (SSSR count). The van der Waals surface area contributed by atoms with E-state index in [0.717, 1.165) is 32.4 Å². The zero-order valence-corrected chi connectivity index (χ0v) is 21.1. The van der Waals surface area contributed by atoms with Crippen LogP contribution in [0.3, 0.4) is 0 Å². The molecule has 6 fully saturated rings. The second-order valence-electron chi connectivity index (χ2n) is 12.1. The first-order valence-corrected chi connectivity index (χ1v) is 13.1. The quantitative estimate of drug-likeness (QED) is 0.546. The number of aliphatic hydroxyl groups is 2. The molecule has 5 aliphatic carbocycles. The lowest BCUT2D eigenvalue weighted by molar-refractivity contribution is -0.274. The Morgan fingerprint density at radius 1 is 1.15 bits per heavy atom. The fourth-order valence-corrected chi connectivity index (χ4v) is 11.0. The molecule has 34 heavy (non-hydrogen) atoms. The largest absolute Gasteiger partial charge is 0.462 e. The summed E-state index contributed by atoms with van der Waals surface area (Å²) in [7, 11) is 5.23. The molecule has 1 heterocycles. The molecule has 5 saturated carbocycles. The number of hydrogen-bond acceptors (Lipinski definition) is 8. The molecule has 7 bridgehead atoms. The highest BCUT2D eigenvalue weighted by atomic mass is 16.5. The van der Waals surface area contributed by atoms with E-state index >= 15 is 0 Å². The number of esters is 1. The predicted octanol–water partition coefficient (Wildman–Crippen LogP) is 1.07. The van der Waals surface area contributed by atoms with Gasteiger partial charge in [0.1, 0.15) is 6.10 Å². The van der Waals surface area contributed by atoms with Crippen molar-refractivity contribution in [2.75, 3.05) is 41.0 Å². The number of carbonyl (C=O) groups is 1. The lowest BCUT2D eigenvalue weighted by atomic mass is 9.43. The molecular formula is C26H41NO7. The monoisotopic (exact) mass is 479 g/mol. The van der Waals surface area contributed by atoms with Crippen molar-refractivity contribution in [3.8, 4) is 0 Å². The number of carbonyl (C=O) groups excluding carboxylic acids is 1. The maximum atomic E-state index is 12.7. The molecule has 0 aromatic carbocycles. The van der Waals surface area contributed by atoms with Gasteiger partial charge < -0.3 is 29.2 Å². The van der Waals surface area contributed by atoms with Gasteiger partial charge in [-0.15, -0.1) is 0 Å². The summed E-state index contributed by atoms with van der Waals surface area (Å²) in [4.78, 5) is 14.7. The molecule has 8 nitrogen and oxygen atoms in total. The summed E-state index contributed by atoms with van der Waals surface area (Å²) in [6.45, 7) is 6.00. The van der Waals surface area contributed by atoms with E-state index in [9.17, 15) is 15.0 Å². The lowest BCUT2D eigenvalue weighted by Gasteiger charge is -2.68. The number of methoxy groups -OCH3 is 3. The standard InChI is InChI=1S/C26H41NO7/c1-6-27-11-24(12-31-3)8-7-17(29)26-15-9-14-16(32-4)10-25(30,18(15)20(14)34-13(2)28)19(23(26)27)21(33-5)22(24)26/h14-23,29-30H,6-12H2,1-5H3/t14-,15-,16+,17+,18+,19+,20+,21+,22-,23-,24+,25-,26+/m1/s1. The summed E-state index contributed by atoms with van der Waals surface area (Å²) in [6.07, 6.45) is 1.64. The molecule has 0 aromatic heterocycles. The van der Waals surface area contributed by atoms with Crippen molar-refractivity contribution >= 4 is 5.97 Å². The van der Waals surface area contributed by atoms with Crippen LogP contribution >= 0.6 is 0 Å². The Labute approximate surface area is 202 Å². The van der Waals surface area contributed by atoms with E-state index < -0.39 is 23.2 Å². The zero-order valence-electron chi connectivity index (χ0n) is 21.1. The van der Waals surface area contributed by atoms with Crippen molar-refractivity contribution in [3.05, 3.63) is 0 Å². The van der Waals surface area contributed by atoms with E-state index in [1.165, 1.54) is 6.92 Å². The molecule has 1 saturated heterocycles. The maximum absolute atomic E-state index is 12.7. The van der Waals surface area contributed by atoms with Crippen molar-refractivity contribution in [2.45, 2.75) is 75.6 Å². The third kappa shape index (κ3) is 2.48. The van der Waals surface area contributed by atoms with Gasteiger partial charge >= 0.3 is 5.97 Å². The van der Waals surface area contributed by atoms with E-state index in [0.29, 0.717) is 13.0 Å². The number of ether oxygens (including phenoxy) is 4. The van der Waals surface area contributed by atoms with E-state index in [2.05, 4.69) is 11.8 Å². The summed E-state index contributed by atoms with van der Waals surface area (Å²) < 4.78 is 24.1. The number of nitrogens with zero attached hydrogens (tertiary/aromatic N) is 1. The van der Waals surface area contributed by atoms with Gasteiger partial charge in [-0.1, -0.05) is 6.92 Å². The van der Waals surface area contributed by atoms with Crippen molar-refractivity contribution in [2.24, 2.45) is 40.4 Å². The normalized spacial score (nSPS) is 57.0. The van der Waals surface area contributed by atoms with Crippen molar-refractivity contribution in [3.63, 3.8) is 0 Å². The minimum atomic E-state index is -1.09. The van der Waals surface area contributed by atoms with Gasteiger partial charge in [0.2, 0.25) is 0 Å². The fraction of sp³-hybridized carbons (Fsp3) is 0.962. The van der Waals surface area contributed by atoms with Crippen LogP contribution in [0.25, 0.3) is 0 Å². The lowest BCUT2D eigenvalue weighted by Crippen LogP contribution is -2.76. The average Bonchev–Trinajstić information content (AvgIpc) is 3.23. The Hall–Kier alpha value is -0.770. The minimum Gasteiger partial charge on any atom is -0.462 e. The van der Waals surface area contributed by atoms with Gasteiger partial charge in [-0.25, -0.2) is 0 Å². The van der Waals surface area contributed by atoms with E-state index in [1.54, 1.807) is 21.3 Å². The number of likely N-dealkylation sites (tertiary alicyclic amines) is 1. The summed E-state index contributed by atoms with van der Waals surface area (Å²) in [5, 5.41) is 24.7. The average molecular weight is 480 g/mol. The highest BCUT2D eigenvalue weighted by Gasteiger charge is 2.86. The summed E-state index contributed by atoms with van der Waals surface area (Å²) in [5.74, 6) is -0.586. The van der Waals surface area contributed by atoms with Gasteiger partial charge in [0.15, 0.2) is 0 Å².